The van der Waals surface area contributed by atoms with Crippen LogP contribution in [-0.4, -0.2) is 27.7 Å². The average molecular weight is 455 g/mol. The summed E-state index contributed by atoms with van der Waals surface area (Å²) in [6.45, 7) is 1.70. The van der Waals surface area contributed by atoms with Crippen LogP contribution in [0.4, 0.5) is 5.69 Å². The summed E-state index contributed by atoms with van der Waals surface area (Å²) in [4.78, 5) is 12.3. The van der Waals surface area contributed by atoms with Gasteiger partial charge in [-0.05, 0) is 48.9 Å². The van der Waals surface area contributed by atoms with Crippen LogP contribution in [0.3, 0.4) is 0 Å². The summed E-state index contributed by atoms with van der Waals surface area (Å²) in [6, 6.07) is 19.9. The van der Waals surface area contributed by atoms with Crippen LogP contribution in [0.2, 0.25) is 0 Å². The molecule has 0 bridgehead atoms. The van der Waals surface area contributed by atoms with Crippen molar-refractivity contribution in [2.24, 2.45) is 0 Å². The Labute approximate surface area is 186 Å². The minimum atomic E-state index is -3.71. The molecule has 1 atom stereocenters. The normalized spacial score (nSPS) is 13.4. The van der Waals surface area contributed by atoms with Crippen molar-refractivity contribution in [1.29, 1.82) is 0 Å². The first-order valence-corrected chi connectivity index (χ1v) is 11.4. The summed E-state index contributed by atoms with van der Waals surface area (Å²) in [5.74, 6) is 1.21. The number of nitrogens with one attached hydrogen (secondary N) is 2. The molecule has 0 saturated heterocycles. The van der Waals surface area contributed by atoms with Crippen LogP contribution in [0, 0.1) is 0 Å². The second kappa shape index (κ2) is 9.29. The molecule has 0 aromatic heterocycles. The SMILES string of the molecule is CC(NS(=O)(=O)c1ccc(OCC(=O)Nc2ccc3c(c2)OCO3)cc1)c1ccccc1. The van der Waals surface area contributed by atoms with Crippen molar-refractivity contribution in [3.05, 3.63) is 78.4 Å². The number of amides is 1. The van der Waals surface area contributed by atoms with Gasteiger partial charge in [0.2, 0.25) is 16.8 Å². The predicted molar refractivity (Wildman–Crippen MR) is 118 cm³/mol. The van der Waals surface area contributed by atoms with Crippen LogP contribution < -0.4 is 24.2 Å². The quantitative estimate of drug-likeness (QED) is 0.540. The Kier molecular flexibility index (Phi) is 6.29. The first-order valence-electron chi connectivity index (χ1n) is 9.90. The molecule has 1 heterocycles. The number of ether oxygens (including phenoxy) is 3. The van der Waals surface area contributed by atoms with Crippen LogP contribution in [-0.2, 0) is 14.8 Å². The van der Waals surface area contributed by atoms with Crippen LogP contribution in [0.15, 0.2) is 77.7 Å². The summed E-state index contributed by atoms with van der Waals surface area (Å²) in [5, 5.41) is 2.71. The Morgan fingerprint density at radius 1 is 1.00 bits per heavy atom. The highest BCUT2D eigenvalue weighted by molar-refractivity contribution is 7.89. The van der Waals surface area contributed by atoms with Crippen molar-refractivity contribution in [1.82, 2.24) is 4.72 Å². The number of carbonyl (C=O) groups is 1. The molecule has 9 heteroatoms. The largest absolute Gasteiger partial charge is 0.484 e. The maximum absolute atomic E-state index is 12.6. The molecule has 1 aliphatic heterocycles. The van der Waals surface area contributed by atoms with E-state index in [0.717, 1.165) is 5.56 Å². The van der Waals surface area contributed by atoms with Crippen molar-refractivity contribution in [2.45, 2.75) is 17.9 Å². The summed E-state index contributed by atoms with van der Waals surface area (Å²) < 4.78 is 43.9. The number of hydrogen-bond donors (Lipinski definition) is 2. The lowest BCUT2D eigenvalue weighted by Crippen LogP contribution is -2.26. The van der Waals surface area contributed by atoms with E-state index in [0.29, 0.717) is 22.9 Å². The third kappa shape index (κ3) is 5.19. The maximum Gasteiger partial charge on any atom is 0.262 e. The van der Waals surface area contributed by atoms with Crippen molar-refractivity contribution < 1.29 is 27.4 Å². The molecule has 3 aromatic rings. The smallest absolute Gasteiger partial charge is 0.262 e. The molecule has 166 valence electrons. The molecule has 0 aliphatic carbocycles. The lowest BCUT2D eigenvalue weighted by molar-refractivity contribution is -0.118. The molecule has 0 spiro atoms. The highest BCUT2D eigenvalue weighted by Crippen LogP contribution is 2.34. The van der Waals surface area contributed by atoms with E-state index in [1.54, 1.807) is 25.1 Å². The molecule has 1 unspecified atom stereocenters. The molecule has 0 fully saturated rings. The zero-order valence-corrected chi connectivity index (χ0v) is 18.1. The molecule has 0 saturated carbocycles. The fourth-order valence-corrected chi connectivity index (χ4v) is 4.38. The van der Waals surface area contributed by atoms with E-state index in [1.807, 2.05) is 30.3 Å². The van der Waals surface area contributed by atoms with E-state index in [4.69, 9.17) is 14.2 Å². The van der Waals surface area contributed by atoms with E-state index in [2.05, 4.69) is 10.0 Å². The van der Waals surface area contributed by atoms with Gasteiger partial charge in [-0.2, -0.15) is 0 Å². The molecule has 2 N–H and O–H groups in total. The molecule has 3 aromatic carbocycles. The third-order valence-corrected chi connectivity index (χ3v) is 6.35. The van der Waals surface area contributed by atoms with Gasteiger partial charge in [-0.15, -0.1) is 0 Å². The first kappa shape index (κ1) is 21.7. The minimum Gasteiger partial charge on any atom is -0.484 e. The van der Waals surface area contributed by atoms with Gasteiger partial charge < -0.3 is 19.5 Å². The molecule has 1 amide bonds. The Hall–Kier alpha value is -3.56. The van der Waals surface area contributed by atoms with Gasteiger partial charge in [-0.25, -0.2) is 13.1 Å². The minimum absolute atomic E-state index is 0.109. The fraction of sp³-hybridized carbons (Fsp3) is 0.174. The molecule has 4 rings (SSSR count). The van der Waals surface area contributed by atoms with Crippen LogP contribution in [0.5, 0.6) is 17.2 Å². The highest BCUT2D eigenvalue weighted by Gasteiger charge is 2.18. The number of fused-ring (bicyclic) bond motifs is 1. The topological polar surface area (TPSA) is 103 Å². The standard InChI is InChI=1S/C23H22N2O6S/c1-16(17-5-3-2-4-6-17)25-32(27,28)20-10-8-19(9-11-20)29-14-23(26)24-18-7-12-21-22(13-18)31-15-30-21/h2-13,16,25H,14-15H2,1H3,(H,24,26). The third-order valence-electron chi connectivity index (χ3n) is 4.79. The predicted octanol–water partition coefficient (Wildman–Crippen LogP) is 3.47. The zero-order chi connectivity index (χ0) is 22.6. The molecule has 0 radical (unpaired) electrons. The van der Waals surface area contributed by atoms with E-state index in [1.165, 1.54) is 24.3 Å². The Balaban J connectivity index is 1.31. The van der Waals surface area contributed by atoms with Crippen molar-refractivity contribution in [3.8, 4) is 17.2 Å². The molecular formula is C23H22N2O6S. The molecular weight excluding hydrogens is 432 g/mol. The van der Waals surface area contributed by atoms with Gasteiger partial charge >= 0.3 is 0 Å². The number of hydrogen-bond acceptors (Lipinski definition) is 6. The van der Waals surface area contributed by atoms with E-state index in [-0.39, 0.29) is 30.2 Å². The van der Waals surface area contributed by atoms with Crippen molar-refractivity contribution >= 4 is 21.6 Å². The molecule has 8 nitrogen and oxygen atoms in total. The fourth-order valence-electron chi connectivity index (χ4n) is 3.15. The van der Waals surface area contributed by atoms with Gasteiger partial charge in [0, 0.05) is 17.8 Å². The monoisotopic (exact) mass is 454 g/mol. The summed E-state index contributed by atoms with van der Waals surface area (Å²) in [5.41, 5.74) is 1.42. The lowest BCUT2D eigenvalue weighted by Gasteiger charge is -2.15. The van der Waals surface area contributed by atoms with Gasteiger partial charge in [-0.3, -0.25) is 4.79 Å². The number of rotatable bonds is 8. The summed E-state index contributed by atoms with van der Waals surface area (Å²) in [6.07, 6.45) is 0. The number of sulfonamides is 1. The number of carbonyl (C=O) groups excluding carboxylic acids is 1. The van der Waals surface area contributed by atoms with E-state index < -0.39 is 10.0 Å². The van der Waals surface area contributed by atoms with Gasteiger partial charge in [0.1, 0.15) is 5.75 Å². The van der Waals surface area contributed by atoms with E-state index >= 15 is 0 Å². The molecule has 1 aliphatic rings. The van der Waals surface area contributed by atoms with Crippen LogP contribution >= 0.6 is 0 Å². The van der Waals surface area contributed by atoms with Gasteiger partial charge in [0.25, 0.3) is 5.91 Å². The first-order chi connectivity index (χ1) is 15.4. The van der Waals surface area contributed by atoms with Crippen molar-refractivity contribution in [2.75, 3.05) is 18.7 Å². The second-order valence-corrected chi connectivity index (χ2v) is 8.84. The highest BCUT2D eigenvalue weighted by atomic mass is 32.2. The van der Waals surface area contributed by atoms with Crippen molar-refractivity contribution in [3.63, 3.8) is 0 Å². The van der Waals surface area contributed by atoms with Gasteiger partial charge in [0.15, 0.2) is 18.1 Å². The summed E-state index contributed by atoms with van der Waals surface area (Å²) in [7, 11) is -3.71. The molecule has 32 heavy (non-hydrogen) atoms. The Bertz CT molecular complexity index is 1200. The average Bonchev–Trinajstić information content (AvgIpc) is 3.26. The summed E-state index contributed by atoms with van der Waals surface area (Å²) >= 11 is 0. The van der Waals surface area contributed by atoms with Gasteiger partial charge in [-0.1, -0.05) is 30.3 Å². The zero-order valence-electron chi connectivity index (χ0n) is 17.3. The maximum atomic E-state index is 12.6. The second-order valence-electron chi connectivity index (χ2n) is 7.13. The van der Waals surface area contributed by atoms with E-state index in [9.17, 15) is 13.2 Å². The Morgan fingerprint density at radius 2 is 1.72 bits per heavy atom. The lowest BCUT2D eigenvalue weighted by atomic mass is 10.1. The van der Waals surface area contributed by atoms with Gasteiger partial charge in [0.05, 0.1) is 4.90 Å². The van der Waals surface area contributed by atoms with Crippen LogP contribution in [0.1, 0.15) is 18.5 Å². The Morgan fingerprint density at radius 3 is 2.47 bits per heavy atom. The number of anilines is 1. The van der Waals surface area contributed by atoms with Crippen LogP contribution in [0.25, 0.3) is 0 Å². The number of benzene rings is 3.